The van der Waals surface area contributed by atoms with Crippen LogP contribution in [0.4, 0.5) is 5.69 Å². The van der Waals surface area contributed by atoms with Gasteiger partial charge >= 0.3 is 0 Å². The van der Waals surface area contributed by atoms with Crippen LogP contribution in [-0.2, 0) is 11.2 Å². The van der Waals surface area contributed by atoms with Gasteiger partial charge in [0.15, 0.2) is 0 Å². The van der Waals surface area contributed by atoms with Gasteiger partial charge in [-0.05, 0) is 29.7 Å². The fraction of sp³-hybridized carbons (Fsp3) is 0.235. The first-order valence-electron chi connectivity index (χ1n) is 7.37. The fourth-order valence-electron chi connectivity index (χ4n) is 2.67. The molecular weight excluding hydrogens is 296 g/mol. The number of fused-ring (bicyclic) bond motifs is 1. The number of hydrogen-bond acceptors (Lipinski definition) is 4. The Balaban J connectivity index is 1.64. The van der Waals surface area contributed by atoms with Crippen molar-refractivity contribution in [2.24, 2.45) is 0 Å². The summed E-state index contributed by atoms with van der Waals surface area (Å²) in [5.41, 5.74) is 2.70. The van der Waals surface area contributed by atoms with Crippen molar-refractivity contribution in [2.75, 3.05) is 13.2 Å². The first kappa shape index (κ1) is 15.2. The zero-order valence-electron chi connectivity index (χ0n) is 12.4. The van der Waals surface area contributed by atoms with Crippen molar-refractivity contribution in [2.45, 2.75) is 12.5 Å². The summed E-state index contributed by atoms with van der Waals surface area (Å²) < 4.78 is 5.74. The van der Waals surface area contributed by atoms with Gasteiger partial charge in [-0.1, -0.05) is 24.3 Å². The summed E-state index contributed by atoms with van der Waals surface area (Å²) in [5, 5.41) is 13.4. The number of ether oxygens (including phenoxy) is 1. The van der Waals surface area contributed by atoms with E-state index in [1.807, 2.05) is 18.2 Å². The number of non-ortho nitro benzene ring substituents is 1. The van der Waals surface area contributed by atoms with E-state index in [0.29, 0.717) is 18.7 Å². The van der Waals surface area contributed by atoms with Crippen molar-refractivity contribution in [1.82, 2.24) is 5.32 Å². The van der Waals surface area contributed by atoms with Gasteiger partial charge < -0.3 is 10.1 Å². The van der Waals surface area contributed by atoms with Crippen LogP contribution in [0.2, 0.25) is 0 Å². The van der Waals surface area contributed by atoms with Crippen LogP contribution in [-0.4, -0.2) is 24.0 Å². The van der Waals surface area contributed by atoms with Crippen LogP contribution < -0.4 is 5.32 Å². The largest absolute Gasteiger partial charge is 0.371 e. The van der Waals surface area contributed by atoms with E-state index >= 15 is 0 Å². The highest BCUT2D eigenvalue weighted by molar-refractivity contribution is 5.94. The van der Waals surface area contributed by atoms with Crippen molar-refractivity contribution in [1.29, 1.82) is 0 Å². The van der Waals surface area contributed by atoms with Crippen molar-refractivity contribution < 1.29 is 14.5 Å². The third-order valence-corrected chi connectivity index (χ3v) is 3.88. The lowest BCUT2D eigenvalue weighted by Gasteiger charge is -2.26. The number of benzene rings is 2. The molecule has 1 aliphatic heterocycles. The molecule has 0 radical (unpaired) electrons. The molecule has 1 heterocycles. The van der Waals surface area contributed by atoms with Gasteiger partial charge in [-0.15, -0.1) is 0 Å². The van der Waals surface area contributed by atoms with Crippen LogP contribution >= 0.6 is 0 Å². The predicted octanol–water partition coefficient (Wildman–Crippen LogP) is 2.64. The number of carbonyl (C=O) groups excluding carboxylic acids is 1. The normalized spacial score (nSPS) is 16.4. The molecule has 6 nitrogen and oxygen atoms in total. The van der Waals surface area contributed by atoms with Crippen LogP contribution in [0.15, 0.2) is 48.5 Å². The van der Waals surface area contributed by atoms with E-state index in [-0.39, 0.29) is 17.7 Å². The first-order chi connectivity index (χ1) is 11.1. The van der Waals surface area contributed by atoms with Gasteiger partial charge in [0.25, 0.3) is 11.6 Å². The number of rotatable bonds is 4. The SMILES string of the molecule is O=C(NC[C@@H]1OCCc2ccccc21)c1ccc([N+](=O)[O-])cc1. The van der Waals surface area contributed by atoms with E-state index in [1.165, 1.54) is 29.8 Å². The molecular formula is C17H16N2O4. The second-order valence-corrected chi connectivity index (χ2v) is 5.32. The molecule has 0 spiro atoms. The van der Waals surface area contributed by atoms with Crippen molar-refractivity contribution in [3.05, 3.63) is 75.3 Å². The van der Waals surface area contributed by atoms with Crippen LogP contribution in [0.3, 0.4) is 0 Å². The number of hydrogen-bond donors (Lipinski definition) is 1. The second-order valence-electron chi connectivity index (χ2n) is 5.32. The number of nitro benzene ring substituents is 1. The number of nitrogens with zero attached hydrogens (tertiary/aromatic N) is 1. The maximum Gasteiger partial charge on any atom is 0.269 e. The average molecular weight is 312 g/mol. The molecule has 1 aliphatic rings. The molecule has 2 aromatic carbocycles. The minimum absolute atomic E-state index is 0.0360. The summed E-state index contributed by atoms with van der Waals surface area (Å²) in [5.74, 6) is -0.272. The average Bonchev–Trinajstić information content (AvgIpc) is 2.59. The molecule has 0 saturated carbocycles. The molecule has 0 unspecified atom stereocenters. The Hall–Kier alpha value is -2.73. The number of nitro groups is 1. The number of carbonyl (C=O) groups is 1. The van der Waals surface area contributed by atoms with Gasteiger partial charge in [0.05, 0.1) is 11.5 Å². The molecule has 23 heavy (non-hydrogen) atoms. The van der Waals surface area contributed by atoms with Crippen LogP contribution in [0.5, 0.6) is 0 Å². The summed E-state index contributed by atoms with van der Waals surface area (Å²) in [6.07, 6.45) is 0.713. The van der Waals surface area contributed by atoms with E-state index < -0.39 is 4.92 Å². The third-order valence-electron chi connectivity index (χ3n) is 3.88. The fourth-order valence-corrected chi connectivity index (χ4v) is 2.67. The van der Waals surface area contributed by atoms with Gasteiger partial charge in [0.2, 0.25) is 0 Å². The number of amides is 1. The van der Waals surface area contributed by atoms with Crippen molar-refractivity contribution >= 4 is 11.6 Å². The molecule has 2 aromatic rings. The van der Waals surface area contributed by atoms with Crippen LogP contribution in [0.25, 0.3) is 0 Å². The van der Waals surface area contributed by atoms with E-state index in [0.717, 1.165) is 12.0 Å². The highest BCUT2D eigenvalue weighted by Gasteiger charge is 2.21. The van der Waals surface area contributed by atoms with Gasteiger partial charge in [0.1, 0.15) is 6.10 Å². The monoisotopic (exact) mass is 312 g/mol. The molecule has 0 bridgehead atoms. The van der Waals surface area contributed by atoms with E-state index in [4.69, 9.17) is 4.74 Å². The molecule has 6 heteroatoms. The highest BCUT2D eigenvalue weighted by atomic mass is 16.6. The van der Waals surface area contributed by atoms with Crippen LogP contribution in [0.1, 0.15) is 27.6 Å². The minimum atomic E-state index is -0.492. The Morgan fingerprint density at radius 1 is 1.22 bits per heavy atom. The lowest BCUT2D eigenvalue weighted by atomic mass is 9.97. The summed E-state index contributed by atoms with van der Waals surface area (Å²) in [7, 11) is 0. The molecule has 1 atom stereocenters. The summed E-state index contributed by atoms with van der Waals surface area (Å²) >= 11 is 0. The van der Waals surface area contributed by atoms with E-state index in [1.54, 1.807) is 0 Å². The Morgan fingerprint density at radius 3 is 2.70 bits per heavy atom. The molecule has 0 aliphatic carbocycles. The molecule has 118 valence electrons. The van der Waals surface area contributed by atoms with Gasteiger partial charge in [-0.2, -0.15) is 0 Å². The lowest BCUT2D eigenvalue weighted by molar-refractivity contribution is -0.384. The quantitative estimate of drug-likeness (QED) is 0.695. The number of nitrogens with one attached hydrogen (secondary N) is 1. The first-order valence-corrected chi connectivity index (χ1v) is 7.37. The molecule has 1 N–H and O–H groups in total. The lowest BCUT2D eigenvalue weighted by Crippen LogP contribution is -2.31. The summed E-state index contributed by atoms with van der Waals surface area (Å²) in [6, 6.07) is 13.6. The zero-order chi connectivity index (χ0) is 16.2. The zero-order valence-corrected chi connectivity index (χ0v) is 12.4. The predicted molar refractivity (Wildman–Crippen MR) is 84.3 cm³/mol. The molecule has 1 amide bonds. The standard InChI is InChI=1S/C17H16N2O4/c20-17(13-5-7-14(8-6-13)19(21)22)18-11-16-15-4-2-1-3-12(15)9-10-23-16/h1-8,16H,9-11H2,(H,18,20)/t16-/m0/s1. The summed E-state index contributed by atoms with van der Waals surface area (Å²) in [4.78, 5) is 22.3. The second kappa shape index (κ2) is 6.58. The highest BCUT2D eigenvalue weighted by Crippen LogP contribution is 2.26. The molecule has 3 rings (SSSR count). The van der Waals surface area contributed by atoms with Gasteiger partial charge in [-0.25, -0.2) is 0 Å². The molecule has 0 saturated heterocycles. The molecule has 0 fully saturated rings. The van der Waals surface area contributed by atoms with Crippen molar-refractivity contribution in [3.8, 4) is 0 Å². The molecule has 0 aromatic heterocycles. The van der Waals surface area contributed by atoms with E-state index in [9.17, 15) is 14.9 Å². The van der Waals surface area contributed by atoms with E-state index in [2.05, 4.69) is 11.4 Å². The topological polar surface area (TPSA) is 81.5 Å². The third kappa shape index (κ3) is 3.37. The Labute approximate surface area is 133 Å². The van der Waals surface area contributed by atoms with Gasteiger partial charge in [0, 0.05) is 24.2 Å². The maximum absolute atomic E-state index is 12.1. The Morgan fingerprint density at radius 2 is 1.96 bits per heavy atom. The minimum Gasteiger partial charge on any atom is -0.371 e. The van der Waals surface area contributed by atoms with Crippen molar-refractivity contribution in [3.63, 3.8) is 0 Å². The Bertz CT molecular complexity index is 728. The Kier molecular flexibility index (Phi) is 4.34. The summed E-state index contributed by atoms with van der Waals surface area (Å²) in [6.45, 7) is 1.00. The maximum atomic E-state index is 12.1. The smallest absolute Gasteiger partial charge is 0.269 e. The van der Waals surface area contributed by atoms with Crippen LogP contribution in [0, 0.1) is 10.1 Å². The van der Waals surface area contributed by atoms with Gasteiger partial charge in [-0.3, -0.25) is 14.9 Å².